The highest BCUT2D eigenvalue weighted by molar-refractivity contribution is 9.10. The van der Waals surface area contributed by atoms with Gasteiger partial charge in [0.2, 0.25) is 0 Å². The van der Waals surface area contributed by atoms with Crippen LogP contribution in [0.5, 0.6) is 0 Å². The zero-order valence-electron chi connectivity index (χ0n) is 10.8. The third-order valence-corrected chi connectivity index (χ3v) is 4.76. The van der Waals surface area contributed by atoms with Gasteiger partial charge >= 0.3 is 0 Å². The van der Waals surface area contributed by atoms with Gasteiger partial charge in [-0.05, 0) is 66.5 Å². The smallest absolute Gasteiger partial charge is 0.0578 e. The maximum absolute atomic E-state index is 5.88. The van der Waals surface area contributed by atoms with Crippen molar-refractivity contribution in [1.82, 2.24) is 0 Å². The van der Waals surface area contributed by atoms with Gasteiger partial charge in [-0.15, -0.1) is 11.3 Å². The molecule has 0 saturated carbocycles. The van der Waals surface area contributed by atoms with E-state index in [0.29, 0.717) is 6.04 Å². The predicted octanol–water partition coefficient (Wildman–Crippen LogP) is 4.88. The Labute approximate surface area is 120 Å². The average Bonchev–Trinajstić information content (AvgIpc) is 2.73. The molecular formula is C14H17BrN2S. The van der Waals surface area contributed by atoms with Gasteiger partial charge in [-0.3, -0.25) is 0 Å². The van der Waals surface area contributed by atoms with Crippen LogP contribution in [0.2, 0.25) is 0 Å². The first-order chi connectivity index (χ1) is 8.47. The summed E-state index contributed by atoms with van der Waals surface area (Å²) in [6.07, 6.45) is 0. The fourth-order valence-electron chi connectivity index (χ4n) is 1.80. The van der Waals surface area contributed by atoms with E-state index < -0.39 is 0 Å². The topological polar surface area (TPSA) is 38.0 Å². The molecule has 0 aliphatic carbocycles. The average molecular weight is 325 g/mol. The Morgan fingerprint density at radius 1 is 1.28 bits per heavy atom. The van der Waals surface area contributed by atoms with Crippen LogP contribution in [-0.4, -0.2) is 0 Å². The quantitative estimate of drug-likeness (QED) is 0.789. The van der Waals surface area contributed by atoms with Gasteiger partial charge in [0.15, 0.2) is 0 Å². The number of nitrogens with two attached hydrogens (primary N) is 1. The van der Waals surface area contributed by atoms with E-state index in [2.05, 4.69) is 53.3 Å². The van der Waals surface area contributed by atoms with Crippen LogP contribution in [-0.2, 0) is 0 Å². The van der Waals surface area contributed by atoms with Crippen LogP contribution < -0.4 is 11.1 Å². The van der Waals surface area contributed by atoms with Crippen molar-refractivity contribution in [2.45, 2.75) is 26.8 Å². The lowest BCUT2D eigenvalue weighted by atomic mass is 10.1. The van der Waals surface area contributed by atoms with Gasteiger partial charge in [-0.2, -0.15) is 0 Å². The molecule has 0 fully saturated rings. The fourth-order valence-corrected chi connectivity index (χ4v) is 3.15. The molecule has 0 aliphatic rings. The molecule has 0 amide bonds. The minimum absolute atomic E-state index is 0.294. The summed E-state index contributed by atoms with van der Waals surface area (Å²) in [5, 5.41) is 3.52. The number of hydrogen-bond acceptors (Lipinski definition) is 3. The Morgan fingerprint density at radius 3 is 2.61 bits per heavy atom. The number of nitrogens with one attached hydrogen (secondary N) is 1. The van der Waals surface area contributed by atoms with Crippen molar-refractivity contribution in [3.63, 3.8) is 0 Å². The summed E-state index contributed by atoms with van der Waals surface area (Å²) in [5.41, 5.74) is 8.87. The summed E-state index contributed by atoms with van der Waals surface area (Å²) >= 11 is 5.37. The fraction of sp³-hybridized carbons (Fsp3) is 0.286. The molecule has 1 aromatic heterocycles. The van der Waals surface area contributed by atoms with E-state index in [1.807, 2.05) is 24.3 Å². The van der Waals surface area contributed by atoms with Gasteiger partial charge in [0, 0.05) is 25.6 Å². The molecule has 0 aliphatic heterocycles. The maximum Gasteiger partial charge on any atom is 0.0578 e. The number of anilines is 2. The van der Waals surface area contributed by atoms with Gasteiger partial charge < -0.3 is 11.1 Å². The number of nitrogen functional groups attached to an aromatic ring is 1. The molecule has 2 rings (SSSR count). The minimum atomic E-state index is 0.294. The third-order valence-electron chi connectivity index (χ3n) is 2.92. The third kappa shape index (κ3) is 2.87. The van der Waals surface area contributed by atoms with E-state index in [-0.39, 0.29) is 0 Å². The van der Waals surface area contributed by atoms with Gasteiger partial charge in [-0.1, -0.05) is 0 Å². The van der Waals surface area contributed by atoms with Crippen LogP contribution in [0, 0.1) is 13.8 Å². The first-order valence-electron chi connectivity index (χ1n) is 5.86. The van der Waals surface area contributed by atoms with Crippen molar-refractivity contribution in [3.8, 4) is 0 Å². The Balaban J connectivity index is 2.21. The summed E-state index contributed by atoms with van der Waals surface area (Å²) in [6, 6.07) is 8.65. The summed E-state index contributed by atoms with van der Waals surface area (Å²) in [4.78, 5) is 2.68. The maximum atomic E-state index is 5.88. The molecular weight excluding hydrogens is 308 g/mol. The first kappa shape index (κ1) is 13.4. The van der Waals surface area contributed by atoms with Crippen LogP contribution >= 0.6 is 27.3 Å². The standard InChI is InChI=1S/C14H17BrN2S/c1-8-6-13(11(15)7-12(8)16)17-10(3)14-5-4-9(2)18-14/h4-7,10,17H,16H2,1-3H3. The molecule has 0 bridgehead atoms. The highest BCUT2D eigenvalue weighted by Crippen LogP contribution is 2.32. The minimum Gasteiger partial charge on any atom is -0.398 e. The second-order valence-electron chi connectivity index (χ2n) is 4.50. The van der Waals surface area contributed by atoms with Crippen molar-refractivity contribution < 1.29 is 0 Å². The Hall–Kier alpha value is -1.000. The molecule has 1 unspecified atom stereocenters. The van der Waals surface area contributed by atoms with Crippen LogP contribution in [0.25, 0.3) is 0 Å². The lowest BCUT2D eigenvalue weighted by molar-refractivity contribution is 0.906. The Bertz CT molecular complexity index is 563. The lowest BCUT2D eigenvalue weighted by Gasteiger charge is -2.16. The van der Waals surface area contributed by atoms with Crippen LogP contribution in [0.15, 0.2) is 28.7 Å². The molecule has 18 heavy (non-hydrogen) atoms. The molecule has 1 heterocycles. The predicted molar refractivity (Wildman–Crippen MR) is 84.4 cm³/mol. The summed E-state index contributed by atoms with van der Waals surface area (Å²) in [5.74, 6) is 0. The van der Waals surface area contributed by atoms with Crippen LogP contribution in [0.4, 0.5) is 11.4 Å². The number of rotatable bonds is 3. The first-order valence-corrected chi connectivity index (χ1v) is 7.47. The number of halogens is 1. The van der Waals surface area contributed by atoms with Gasteiger partial charge in [0.05, 0.1) is 6.04 Å². The molecule has 0 radical (unpaired) electrons. The highest BCUT2D eigenvalue weighted by Gasteiger charge is 2.10. The molecule has 96 valence electrons. The molecule has 2 aromatic rings. The Morgan fingerprint density at radius 2 is 2.00 bits per heavy atom. The summed E-state index contributed by atoms with van der Waals surface area (Å²) in [7, 11) is 0. The second kappa shape index (κ2) is 5.33. The molecule has 0 saturated heterocycles. The zero-order chi connectivity index (χ0) is 13.3. The van der Waals surface area contributed by atoms with Crippen molar-refractivity contribution in [3.05, 3.63) is 44.1 Å². The van der Waals surface area contributed by atoms with E-state index in [9.17, 15) is 0 Å². The second-order valence-corrected chi connectivity index (χ2v) is 6.68. The monoisotopic (exact) mass is 324 g/mol. The summed E-state index contributed by atoms with van der Waals surface area (Å²) in [6.45, 7) is 6.32. The summed E-state index contributed by atoms with van der Waals surface area (Å²) < 4.78 is 1.01. The van der Waals surface area contributed by atoms with E-state index in [1.165, 1.54) is 9.75 Å². The van der Waals surface area contributed by atoms with Gasteiger partial charge in [0.1, 0.15) is 0 Å². The van der Waals surface area contributed by atoms with Crippen molar-refractivity contribution in [1.29, 1.82) is 0 Å². The normalized spacial score (nSPS) is 12.4. The molecule has 4 heteroatoms. The number of benzene rings is 1. The SMILES string of the molecule is Cc1ccc(C(C)Nc2cc(C)c(N)cc2Br)s1. The highest BCUT2D eigenvalue weighted by atomic mass is 79.9. The number of thiophene rings is 1. The van der Waals surface area contributed by atoms with Crippen molar-refractivity contribution in [2.75, 3.05) is 11.1 Å². The van der Waals surface area contributed by atoms with Crippen LogP contribution in [0.1, 0.15) is 28.3 Å². The largest absolute Gasteiger partial charge is 0.398 e. The number of aryl methyl sites for hydroxylation is 2. The Kier molecular flexibility index (Phi) is 3.97. The van der Waals surface area contributed by atoms with E-state index in [1.54, 1.807) is 0 Å². The van der Waals surface area contributed by atoms with Crippen molar-refractivity contribution in [2.24, 2.45) is 0 Å². The van der Waals surface area contributed by atoms with E-state index in [4.69, 9.17) is 5.73 Å². The van der Waals surface area contributed by atoms with Crippen molar-refractivity contribution >= 4 is 38.6 Å². The lowest BCUT2D eigenvalue weighted by Crippen LogP contribution is -2.06. The van der Waals surface area contributed by atoms with E-state index >= 15 is 0 Å². The van der Waals surface area contributed by atoms with Crippen LogP contribution in [0.3, 0.4) is 0 Å². The van der Waals surface area contributed by atoms with Gasteiger partial charge in [-0.25, -0.2) is 0 Å². The molecule has 1 atom stereocenters. The molecule has 1 aromatic carbocycles. The molecule has 0 spiro atoms. The molecule has 3 N–H and O–H groups in total. The molecule has 2 nitrogen and oxygen atoms in total. The van der Waals surface area contributed by atoms with E-state index in [0.717, 1.165) is 21.4 Å². The number of hydrogen-bond donors (Lipinski definition) is 2. The van der Waals surface area contributed by atoms with Gasteiger partial charge in [0.25, 0.3) is 0 Å². The zero-order valence-corrected chi connectivity index (χ0v) is 13.2.